The van der Waals surface area contributed by atoms with Gasteiger partial charge in [-0.2, -0.15) is 0 Å². The predicted molar refractivity (Wildman–Crippen MR) is 391 cm³/mol. The van der Waals surface area contributed by atoms with Crippen LogP contribution in [-0.2, 0) is 65.4 Å². The molecule has 0 fully saturated rings. The maximum atomic E-state index is 13.1. The Labute approximate surface area is 588 Å². The molecule has 0 heterocycles. The van der Waals surface area contributed by atoms with E-state index >= 15 is 0 Å². The largest absolute Gasteiger partial charge is 0.472 e. The fourth-order valence-electron chi connectivity index (χ4n) is 11.8. The van der Waals surface area contributed by atoms with Gasteiger partial charge < -0.3 is 33.8 Å². The maximum absolute atomic E-state index is 13.1. The fourth-order valence-corrected chi connectivity index (χ4v) is 13.4. The number of hydrogen-bond acceptors (Lipinski definition) is 15. The number of esters is 4. The lowest BCUT2D eigenvalue weighted by Gasteiger charge is -2.21. The van der Waals surface area contributed by atoms with E-state index in [0.717, 1.165) is 102 Å². The van der Waals surface area contributed by atoms with Crippen LogP contribution in [0.5, 0.6) is 0 Å². The second-order valence-corrected chi connectivity index (χ2v) is 31.4. The number of hydrogen-bond donors (Lipinski definition) is 3. The van der Waals surface area contributed by atoms with Crippen molar-refractivity contribution in [1.29, 1.82) is 0 Å². The molecule has 0 rings (SSSR count). The molecule has 0 aromatic rings. The van der Waals surface area contributed by atoms with Crippen molar-refractivity contribution in [3.8, 4) is 0 Å². The zero-order chi connectivity index (χ0) is 70.7. The summed E-state index contributed by atoms with van der Waals surface area (Å²) in [6, 6.07) is 0. The molecular formula is C77H150O17P2. The number of unbranched alkanes of at least 4 members (excludes halogenated alkanes) is 45. The molecule has 0 spiro atoms. The molecule has 3 N–H and O–H groups in total. The van der Waals surface area contributed by atoms with Gasteiger partial charge in [0.2, 0.25) is 0 Å². The van der Waals surface area contributed by atoms with Crippen LogP contribution < -0.4 is 0 Å². The van der Waals surface area contributed by atoms with E-state index in [1.54, 1.807) is 0 Å². The maximum Gasteiger partial charge on any atom is 0.472 e. The smallest absolute Gasteiger partial charge is 0.462 e. The van der Waals surface area contributed by atoms with Crippen LogP contribution in [0.25, 0.3) is 0 Å². The third-order valence-corrected chi connectivity index (χ3v) is 20.2. The lowest BCUT2D eigenvalue weighted by molar-refractivity contribution is -0.161. The number of rotatable bonds is 76. The predicted octanol–water partition coefficient (Wildman–Crippen LogP) is 22.7. The van der Waals surface area contributed by atoms with Crippen molar-refractivity contribution in [3.05, 3.63) is 0 Å². The number of phosphoric acid groups is 2. The van der Waals surface area contributed by atoms with Crippen molar-refractivity contribution >= 4 is 39.5 Å². The second kappa shape index (κ2) is 68.8. The molecule has 0 aliphatic heterocycles. The third kappa shape index (κ3) is 69.2. The first-order valence-electron chi connectivity index (χ1n) is 40.0. The Bertz CT molecular complexity index is 1860. The van der Waals surface area contributed by atoms with Crippen LogP contribution in [0.1, 0.15) is 401 Å². The minimum Gasteiger partial charge on any atom is -0.462 e. The van der Waals surface area contributed by atoms with Gasteiger partial charge in [0.1, 0.15) is 19.3 Å². The summed E-state index contributed by atoms with van der Waals surface area (Å²) in [5, 5.41) is 10.6. The molecule has 0 radical (unpaired) electrons. The summed E-state index contributed by atoms with van der Waals surface area (Å²) in [4.78, 5) is 72.7. The van der Waals surface area contributed by atoms with Crippen LogP contribution in [0.4, 0.5) is 0 Å². The molecule has 0 aromatic carbocycles. The van der Waals surface area contributed by atoms with Gasteiger partial charge in [-0.25, -0.2) is 9.13 Å². The molecule has 0 aromatic heterocycles. The molecule has 96 heavy (non-hydrogen) atoms. The van der Waals surface area contributed by atoms with Gasteiger partial charge in [-0.05, 0) is 37.5 Å². The Morgan fingerprint density at radius 3 is 0.792 bits per heavy atom. The van der Waals surface area contributed by atoms with E-state index in [1.165, 1.54) is 218 Å². The lowest BCUT2D eigenvalue weighted by Crippen LogP contribution is -2.30. The van der Waals surface area contributed by atoms with E-state index in [-0.39, 0.29) is 25.7 Å². The molecule has 3 unspecified atom stereocenters. The van der Waals surface area contributed by atoms with Gasteiger partial charge in [-0.15, -0.1) is 0 Å². The standard InChI is InChI=1S/C77H150O17P2/c1-7-10-12-14-16-18-19-20-28-31-35-42-48-54-60-75(80)88-66-72(93-76(81)61-55-49-43-36-32-29-26-24-22-21-23-25-27-30-34-40-46-52-58-70(6)9-3)67-91-95(83,84)89-63-71(78)64-90-96(85,86)92-68-73(65-87-74(79)59-53-47-41-33-17-15-13-11-8-2)94-77(82)62-56-50-44-38-37-39-45-51-57-69(4)5/h69-73,78H,7-68H2,1-6H3,(H,83,84)(H,85,86)/t70?,71-,72-,73-/m1/s1. The number of ether oxygens (including phenoxy) is 4. The van der Waals surface area contributed by atoms with E-state index in [9.17, 15) is 43.2 Å². The van der Waals surface area contributed by atoms with Crippen LogP contribution in [0.2, 0.25) is 0 Å². The van der Waals surface area contributed by atoms with Crippen molar-refractivity contribution in [3.63, 3.8) is 0 Å². The summed E-state index contributed by atoms with van der Waals surface area (Å²) in [6.45, 7) is 9.61. The third-order valence-electron chi connectivity index (χ3n) is 18.3. The summed E-state index contributed by atoms with van der Waals surface area (Å²) in [6.07, 6.45) is 57.0. The highest BCUT2D eigenvalue weighted by Crippen LogP contribution is 2.45. The van der Waals surface area contributed by atoms with Crippen molar-refractivity contribution in [2.45, 2.75) is 419 Å². The average molecular weight is 1410 g/mol. The topological polar surface area (TPSA) is 237 Å². The number of phosphoric ester groups is 2. The Hall–Kier alpha value is -1.94. The molecule has 0 aliphatic carbocycles. The van der Waals surface area contributed by atoms with Crippen LogP contribution in [-0.4, -0.2) is 96.7 Å². The first-order valence-corrected chi connectivity index (χ1v) is 43.0. The van der Waals surface area contributed by atoms with Gasteiger partial charge in [-0.3, -0.25) is 37.3 Å². The zero-order valence-corrected chi connectivity index (χ0v) is 64.5. The highest BCUT2D eigenvalue weighted by atomic mass is 31.2. The summed E-state index contributed by atoms with van der Waals surface area (Å²) >= 11 is 0. The highest BCUT2D eigenvalue weighted by Gasteiger charge is 2.30. The monoisotopic (exact) mass is 1410 g/mol. The van der Waals surface area contributed by atoms with Crippen LogP contribution in [0.15, 0.2) is 0 Å². The molecule has 0 saturated carbocycles. The molecule has 19 heteroatoms. The van der Waals surface area contributed by atoms with Crippen molar-refractivity contribution < 1.29 is 80.2 Å². The number of carbonyl (C=O) groups excluding carboxylic acids is 4. The number of carbonyl (C=O) groups is 4. The van der Waals surface area contributed by atoms with E-state index in [2.05, 4.69) is 41.5 Å². The van der Waals surface area contributed by atoms with Crippen LogP contribution >= 0.6 is 15.6 Å². The normalized spacial score (nSPS) is 14.3. The highest BCUT2D eigenvalue weighted by molar-refractivity contribution is 7.47. The molecule has 0 amide bonds. The second-order valence-electron chi connectivity index (χ2n) is 28.5. The molecule has 17 nitrogen and oxygen atoms in total. The van der Waals surface area contributed by atoms with Crippen molar-refractivity contribution in [2.75, 3.05) is 39.6 Å². The molecular weight excluding hydrogens is 1260 g/mol. The van der Waals surface area contributed by atoms with Crippen molar-refractivity contribution in [1.82, 2.24) is 0 Å². The van der Waals surface area contributed by atoms with Crippen LogP contribution in [0.3, 0.4) is 0 Å². The van der Waals surface area contributed by atoms with Gasteiger partial charge in [-0.1, -0.05) is 350 Å². The Balaban J connectivity index is 5.18. The summed E-state index contributed by atoms with van der Waals surface area (Å²) in [7, 11) is -9.91. The Morgan fingerprint density at radius 1 is 0.302 bits per heavy atom. The van der Waals surface area contributed by atoms with E-state index < -0.39 is 97.5 Å². The summed E-state index contributed by atoms with van der Waals surface area (Å²) < 4.78 is 68.5. The van der Waals surface area contributed by atoms with Gasteiger partial charge in [0.15, 0.2) is 12.2 Å². The quantitative estimate of drug-likeness (QED) is 0.0222. The zero-order valence-electron chi connectivity index (χ0n) is 62.7. The van der Waals surface area contributed by atoms with Gasteiger partial charge in [0, 0.05) is 25.7 Å². The van der Waals surface area contributed by atoms with E-state index in [0.29, 0.717) is 25.7 Å². The summed E-state index contributed by atoms with van der Waals surface area (Å²) in [5.74, 6) is -0.527. The number of aliphatic hydroxyl groups excluding tert-OH is 1. The Morgan fingerprint density at radius 2 is 0.531 bits per heavy atom. The van der Waals surface area contributed by atoms with Crippen molar-refractivity contribution in [2.24, 2.45) is 11.8 Å². The molecule has 570 valence electrons. The van der Waals surface area contributed by atoms with E-state index in [1.807, 2.05) is 0 Å². The van der Waals surface area contributed by atoms with E-state index in [4.69, 9.17) is 37.0 Å². The number of aliphatic hydroxyl groups is 1. The average Bonchev–Trinajstić information content (AvgIpc) is 1.19. The van der Waals surface area contributed by atoms with Gasteiger partial charge in [0.05, 0.1) is 26.4 Å². The van der Waals surface area contributed by atoms with Crippen LogP contribution in [0, 0.1) is 11.8 Å². The molecule has 0 bridgehead atoms. The Kier molecular flexibility index (Phi) is 67.4. The fraction of sp³-hybridized carbons (Fsp3) is 0.948. The first kappa shape index (κ1) is 94.1. The minimum atomic E-state index is -4.96. The summed E-state index contributed by atoms with van der Waals surface area (Å²) in [5.41, 5.74) is 0. The SMILES string of the molecule is CCCCCCCCCCCCCCCCC(=O)OC[C@H](COP(=O)(O)OC[C@@H](O)COP(=O)(O)OC[C@@H](COC(=O)CCCCCCCCCCC)OC(=O)CCCCCCCCCCC(C)C)OC(=O)CCCCCCCCCCCCCCCCCCCCC(C)CC. The van der Waals surface area contributed by atoms with Gasteiger partial charge in [0.25, 0.3) is 0 Å². The molecule has 0 saturated heterocycles. The minimum absolute atomic E-state index is 0.105. The molecule has 6 atom stereocenters. The lowest BCUT2D eigenvalue weighted by atomic mass is 9.99. The first-order chi connectivity index (χ1) is 46.4. The molecule has 0 aliphatic rings. The van der Waals surface area contributed by atoms with Gasteiger partial charge >= 0.3 is 39.5 Å².